The van der Waals surface area contributed by atoms with Gasteiger partial charge in [-0.05, 0) is 12.1 Å². The van der Waals surface area contributed by atoms with Crippen LogP contribution in [0.2, 0.25) is 0 Å². The first-order valence-electron chi connectivity index (χ1n) is 5.57. The van der Waals surface area contributed by atoms with E-state index >= 15 is 0 Å². The van der Waals surface area contributed by atoms with Crippen LogP contribution in [0.1, 0.15) is 10.4 Å². The zero-order chi connectivity index (χ0) is 15.6. The molecule has 0 amide bonds. The van der Waals surface area contributed by atoms with Crippen LogP contribution in [0.5, 0.6) is 0 Å². The van der Waals surface area contributed by atoms with Gasteiger partial charge in [0, 0.05) is 6.07 Å². The lowest BCUT2D eigenvalue weighted by Gasteiger charge is -2.05. The number of carbonyl (C=O) groups is 1. The number of benzene rings is 1. The smallest absolute Gasteiger partial charge is 0.292 e. The standard InChI is InChI=1S/C12H7F2N3O4/c13-7-1-2-9(10(14)3-7)11(18)6-16-5-8(17(20)21)4-15-12(16)19/h1-5H,6H2. The third-order valence-electron chi connectivity index (χ3n) is 2.60. The third kappa shape index (κ3) is 3.14. The van der Waals surface area contributed by atoms with Crippen molar-refractivity contribution in [1.29, 1.82) is 0 Å². The topological polar surface area (TPSA) is 95.1 Å². The summed E-state index contributed by atoms with van der Waals surface area (Å²) in [6.45, 7) is -0.643. The summed E-state index contributed by atoms with van der Waals surface area (Å²) in [4.78, 5) is 36.3. The second-order valence-corrected chi connectivity index (χ2v) is 4.03. The Balaban J connectivity index is 2.33. The van der Waals surface area contributed by atoms with Crippen molar-refractivity contribution >= 4 is 11.5 Å². The minimum absolute atomic E-state index is 0.421. The van der Waals surface area contributed by atoms with Gasteiger partial charge >= 0.3 is 11.4 Å². The quantitative estimate of drug-likeness (QED) is 0.481. The summed E-state index contributed by atoms with van der Waals surface area (Å²) in [6, 6.07) is 2.36. The molecule has 0 N–H and O–H groups in total. The molecule has 0 atom stereocenters. The first kappa shape index (κ1) is 14.4. The van der Waals surface area contributed by atoms with Crippen molar-refractivity contribution in [2.24, 2.45) is 0 Å². The predicted molar refractivity (Wildman–Crippen MR) is 65.8 cm³/mol. The molecule has 0 saturated heterocycles. The molecule has 0 aliphatic rings. The Morgan fingerprint density at radius 1 is 1.38 bits per heavy atom. The maximum atomic E-state index is 13.4. The zero-order valence-corrected chi connectivity index (χ0v) is 10.3. The second-order valence-electron chi connectivity index (χ2n) is 4.03. The van der Waals surface area contributed by atoms with E-state index in [1.54, 1.807) is 0 Å². The SMILES string of the molecule is O=C(Cn1cc([N+](=O)[O-])cnc1=O)c1ccc(F)cc1F. The van der Waals surface area contributed by atoms with Gasteiger partial charge in [0.15, 0.2) is 5.78 Å². The molecule has 0 fully saturated rings. The molecule has 1 aromatic carbocycles. The molecule has 1 heterocycles. The first-order valence-corrected chi connectivity index (χ1v) is 5.57. The number of nitro groups is 1. The molecule has 2 rings (SSSR count). The number of Topliss-reactive ketones (excluding diaryl/α,β-unsaturated/α-hetero) is 1. The van der Waals surface area contributed by atoms with E-state index in [9.17, 15) is 28.5 Å². The normalized spacial score (nSPS) is 10.4. The molecule has 0 aliphatic heterocycles. The van der Waals surface area contributed by atoms with E-state index in [0.29, 0.717) is 10.6 Å². The molecular weight excluding hydrogens is 288 g/mol. The summed E-state index contributed by atoms with van der Waals surface area (Å²) in [7, 11) is 0. The van der Waals surface area contributed by atoms with Gasteiger partial charge in [-0.15, -0.1) is 0 Å². The van der Waals surface area contributed by atoms with Gasteiger partial charge in [-0.1, -0.05) is 0 Å². The zero-order valence-electron chi connectivity index (χ0n) is 10.3. The van der Waals surface area contributed by atoms with Crippen LogP contribution in [-0.4, -0.2) is 20.3 Å². The lowest BCUT2D eigenvalue weighted by molar-refractivity contribution is -0.385. The summed E-state index contributed by atoms with van der Waals surface area (Å²) in [6.07, 6.45) is 1.58. The van der Waals surface area contributed by atoms with Crippen molar-refractivity contribution in [2.45, 2.75) is 6.54 Å². The van der Waals surface area contributed by atoms with Gasteiger partial charge in [0.1, 0.15) is 17.8 Å². The molecule has 7 nitrogen and oxygen atoms in total. The fraction of sp³-hybridized carbons (Fsp3) is 0.0833. The van der Waals surface area contributed by atoms with Gasteiger partial charge in [0.25, 0.3) is 0 Å². The van der Waals surface area contributed by atoms with Crippen LogP contribution in [0.25, 0.3) is 0 Å². The van der Waals surface area contributed by atoms with E-state index in [-0.39, 0.29) is 0 Å². The van der Waals surface area contributed by atoms with Crippen molar-refractivity contribution < 1.29 is 18.5 Å². The Morgan fingerprint density at radius 3 is 2.71 bits per heavy atom. The highest BCUT2D eigenvalue weighted by Crippen LogP contribution is 2.11. The van der Waals surface area contributed by atoms with Gasteiger partial charge in [-0.25, -0.2) is 13.6 Å². The Labute approximate surface area is 115 Å². The van der Waals surface area contributed by atoms with E-state index in [2.05, 4.69) is 4.98 Å². The summed E-state index contributed by atoms with van der Waals surface area (Å²) >= 11 is 0. The minimum atomic E-state index is -1.08. The number of nitrogens with zero attached hydrogens (tertiary/aromatic N) is 3. The summed E-state index contributed by atoms with van der Waals surface area (Å²) in [5.41, 5.74) is -1.80. The van der Waals surface area contributed by atoms with Gasteiger partial charge < -0.3 is 0 Å². The molecule has 2 aromatic rings. The maximum absolute atomic E-state index is 13.4. The maximum Gasteiger partial charge on any atom is 0.348 e. The molecule has 0 unspecified atom stereocenters. The lowest BCUT2D eigenvalue weighted by Crippen LogP contribution is -2.26. The molecule has 108 valence electrons. The van der Waals surface area contributed by atoms with Gasteiger partial charge in [0.05, 0.1) is 23.2 Å². The number of ketones is 1. The van der Waals surface area contributed by atoms with E-state index < -0.39 is 45.8 Å². The fourth-order valence-corrected chi connectivity index (χ4v) is 1.61. The lowest BCUT2D eigenvalue weighted by atomic mass is 10.1. The molecule has 0 aliphatic carbocycles. The van der Waals surface area contributed by atoms with Crippen molar-refractivity contribution in [3.63, 3.8) is 0 Å². The molecule has 0 spiro atoms. The van der Waals surface area contributed by atoms with Crippen molar-refractivity contribution in [3.8, 4) is 0 Å². The molecular formula is C12H7F2N3O4. The van der Waals surface area contributed by atoms with Gasteiger partial charge in [-0.3, -0.25) is 19.5 Å². The van der Waals surface area contributed by atoms with Crippen LogP contribution in [0.15, 0.2) is 35.4 Å². The number of aromatic nitrogens is 2. The van der Waals surface area contributed by atoms with E-state index in [4.69, 9.17) is 0 Å². The van der Waals surface area contributed by atoms with Gasteiger partial charge in [0.2, 0.25) is 0 Å². The highest BCUT2D eigenvalue weighted by Gasteiger charge is 2.16. The number of hydrogen-bond acceptors (Lipinski definition) is 5. The predicted octanol–water partition coefficient (Wildman–Crippen LogP) is 1.31. The second kappa shape index (κ2) is 5.57. The van der Waals surface area contributed by atoms with Crippen molar-refractivity contribution in [2.75, 3.05) is 0 Å². The van der Waals surface area contributed by atoms with Gasteiger partial charge in [-0.2, -0.15) is 4.98 Å². The fourth-order valence-electron chi connectivity index (χ4n) is 1.61. The minimum Gasteiger partial charge on any atom is -0.292 e. The highest BCUT2D eigenvalue weighted by molar-refractivity contribution is 5.96. The number of carbonyl (C=O) groups excluding carboxylic acids is 1. The van der Waals surface area contributed by atoms with Crippen LogP contribution in [0.4, 0.5) is 14.5 Å². The van der Waals surface area contributed by atoms with Crippen LogP contribution >= 0.6 is 0 Å². The first-order chi connectivity index (χ1) is 9.88. The molecule has 9 heteroatoms. The van der Waals surface area contributed by atoms with Crippen LogP contribution in [0.3, 0.4) is 0 Å². The van der Waals surface area contributed by atoms with Crippen LogP contribution in [-0.2, 0) is 6.54 Å². The van der Waals surface area contributed by atoms with E-state index in [0.717, 1.165) is 24.5 Å². The number of hydrogen-bond donors (Lipinski definition) is 0. The number of halogens is 2. The molecule has 21 heavy (non-hydrogen) atoms. The summed E-state index contributed by atoms with van der Waals surface area (Å²) in [5.74, 6) is -2.76. The molecule has 0 radical (unpaired) electrons. The summed E-state index contributed by atoms with van der Waals surface area (Å²) < 4.78 is 26.9. The van der Waals surface area contributed by atoms with Crippen molar-refractivity contribution in [1.82, 2.24) is 9.55 Å². The Morgan fingerprint density at radius 2 is 2.10 bits per heavy atom. The van der Waals surface area contributed by atoms with E-state index in [1.807, 2.05) is 0 Å². The number of rotatable bonds is 4. The average molecular weight is 295 g/mol. The molecule has 0 saturated carbocycles. The van der Waals surface area contributed by atoms with Crippen LogP contribution in [0, 0.1) is 21.7 Å². The Bertz CT molecular complexity index is 788. The highest BCUT2D eigenvalue weighted by atomic mass is 19.1. The van der Waals surface area contributed by atoms with E-state index in [1.165, 1.54) is 0 Å². The largest absolute Gasteiger partial charge is 0.348 e. The Kier molecular flexibility index (Phi) is 3.83. The van der Waals surface area contributed by atoms with Crippen LogP contribution < -0.4 is 5.69 Å². The molecule has 1 aromatic heterocycles. The average Bonchev–Trinajstić information content (AvgIpc) is 2.40. The summed E-state index contributed by atoms with van der Waals surface area (Å²) in [5, 5.41) is 10.6. The molecule has 0 bridgehead atoms. The third-order valence-corrected chi connectivity index (χ3v) is 2.60. The monoisotopic (exact) mass is 295 g/mol. The van der Waals surface area contributed by atoms with Crippen molar-refractivity contribution in [3.05, 3.63) is 68.4 Å². The Hall–Kier alpha value is -2.97.